The van der Waals surface area contributed by atoms with Gasteiger partial charge in [-0.1, -0.05) is 41.1 Å². The number of para-hydroxylation sites is 1. The van der Waals surface area contributed by atoms with Gasteiger partial charge < -0.3 is 9.47 Å². The van der Waals surface area contributed by atoms with Crippen molar-refractivity contribution in [2.75, 3.05) is 18.1 Å². The fourth-order valence-corrected chi connectivity index (χ4v) is 5.37. The zero-order valence-corrected chi connectivity index (χ0v) is 19.7. The molecule has 168 valence electrons. The van der Waals surface area contributed by atoms with E-state index in [1.165, 1.54) is 11.3 Å². The van der Waals surface area contributed by atoms with E-state index in [0.717, 1.165) is 41.0 Å². The number of benzene rings is 3. The van der Waals surface area contributed by atoms with E-state index in [0.29, 0.717) is 28.0 Å². The van der Waals surface area contributed by atoms with Crippen molar-refractivity contribution >= 4 is 44.2 Å². The van der Waals surface area contributed by atoms with Gasteiger partial charge in [0.1, 0.15) is 11.5 Å². The first-order chi connectivity index (χ1) is 16.1. The first-order valence-corrected chi connectivity index (χ1v) is 12.1. The molecule has 1 aliphatic rings. The summed E-state index contributed by atoms with van der Waals surface area (Å²) in [5.74, 6) is 1.31. The van der Waals surface area contributed by atoms with Gasteiger partial charge >= 0.3 is 0 Å². The summed E-state index contributed by atoms with van der Waals surface area (Å²) < 4.78 is 12.7. The number of anilines is 1. The molecule has 3 aromatic carbocycles. The lowest BCUT2D eigenvalue weighted by Gasteiger charge is -2.23. The van der Waals surface area contributed by atoms with Gasteiger partial charge in [0, 0.05) is 17.2 Å². The number of halogens is 1. The number of hydrogen-bond acceptors (Lipinski definition) is 5. The molecule has 0 bridgehead atoms. The second-order valence-electron chi connectivity index (χ2n) is 8.06. The van der Waals surface area contributed by atoms with Gasteiger partial charge in [0.2, 0.25) is 0 Å². The Hall–Kier alpha value is -2.93. The third-order valence-corrected chi connectivity index (χ3v) is 6.85. The molecule has 5 nitrogen and oxygen atoms in total. The Morgan fingerprint density at radius 2 is 1.91 bits per heavy atom. The molecular weight excluding hydrogens is 456 g/mol. The van der Waals surface area contributed by atoms with Crippen molar-refractivity contribution in [3.8, 4) is 11.5 Å². The molecule has 0 saturated carbocycles. The van der Waals surface area contributed by atoms with E-state index in [4.69, 9.17) is 26.1 Å². The van der Waals surface area contributed by atoms with Crippen LogP contribution >= 0.6 is 22.9 Å². The van der Waals surface area contributed by atoms with Crippen LogP contribution in [0.1, 0.15) is 28.8 Å². The minimum atomic E-state index is -0.112. The SMILES string of the molecule is Cc1cc(Cl)cc2sc(N(CC3CCCO3)C(=O)c3ccc(Oc4ccccc4)cc3)nc12. The Labute approximate surface area is 201 Å². The molecule has 1 atom stereocenters. The molecule has 1 fully saturated rings. The molecule has 0 N–H and O–H groups in total. The first-order valence-electron chi connectivity index (χ1n) is 10.9. The van der Waals surface area contributed by atoms with Gasteiger partial charge in [0.15, 0.2) is 5.13 Å². The van der Waals surface area contributed by atoms with Crippen LogP contribution in [0.4, 0.5) is 5.13 Å². The highest BCUT2D eigenvalue weighted by molar-refractivity contribution is 7.22. The van der Waals surface area contributed by atoms with Crippen molar-refractivity contribution in [1.82, 2.24) is 4.98 Å². The van der Waals surface area contributed by atoms with Crippen LogP contribution < -0.4 is 9.64 Å². The summed E-state index contributed by atoms with van der Waals surface area (Å²) in [6, 6.07) is 20.6. The van der Waals surface area contributed by atoms with E-state index in [-0.39, 0.29) is 12.0 Å². The van der Waals surface area contributed by atoms with Gasteiger partial charge in [-0.3, -0.25) is 9.69 Å². The zero-order chi connectivity index (χ0) is 22.8. The quantitative estimate of drug-likeness (QED) is 0.303. The molecule has 33 heavy (non-hydrogen) atoms. The molecule has 0 aliphatic carbocycles. The number of carbonyl (C=O) groups is 1. The second kappa shape index (κ2) is 9.51. The Bertz CT molecular complexity index is 1270. The average molecular weight is 479 g/mol. The molecule has 4 aromatic rings. The highest BCUT2D eigenvalue weighted by Gasteiger charge is 2.27. The Morgan fingerprint density at radius 3 is 2.64 bits per heavy atom. The average Bonchev–Trinajstić information content (AvgIpc) is 3.48. The van der Waals surface area contributed by atoms with Gasteiger partial charge in [0.25, 0.3) is 5.91 Å². The largest absolute Gasteiger partial charge is 0.457 e. The smallest absolute Gasteiger partial charge is 0.260 e. The zero-order valence-electron chi connectivity index (χ0n) is 18.2. The van der Waals surface area contributed by atoms with Crippen LogP contribution in [0.3, 0.4) is 0 Å². The predicted octanol–water partition coefficient (Wildman–Crippen LogP) is 6.88. The highest BCUT2D eigenvalue weighted by atomic mass is 35.5. The van der Waals surface area contributed by atoms with E-state index < -0.39 is 0 Å². The summed E-state index contributed by atoms with van der Waals surface area (Å²) in [6.07, 6.45) is 1.95. The monoisotopic (exact) mass is 478 g/mol. The molecule has 7 heteroatoms. The number of amides is 1. The van der Waals surface area contributed by atoms with Crippen LogP contribution in [0.5, 0.6) is 11.5 Å². The first kappa shape index (κ1) is 21.9. The van der Waals surface area contributed by atoms with E-state index in [2.05, 4.69) is 0 Å². The Balaban J connectivity index is 1.43. The lowest BCUT2D eigenvalue weighted by molar-refractivity contribution is 0.0917. The maximum absolute atomic E-state index is 13.6. The maximum atomic E-state index is 13.6. The molecular formula is C26H23ClN2O3S. The number of ether oxygens (including phenoxy) is 2. The molecule has 0 spiro atoms. The van der Waals surface area contributed by atoms with Crippen molar-refractivity contribution < 1.29 is 14.3 Å². The number of hydrogen-bond donors (Lipinski definition) is 0. The van der Waals surface area contributed by atoms with Gasteiger partial charge in [-0.2, -0.15) is 0 Å². The summed E-state index contributed by atoms with van der Waals surface area (Å²) in [4.78, 5) is 20.1. The highest BCUT2D eigenvalue weighted by Crippen LogP contribution is 2.34. The normalized spacial score (nSPS) is 15.6. The molecule has 2 heterocycles. The summed E-state index contributed by atoms with van der Waals surface area (Å²) >= 11 is 7.72. The number of thiazole rings is 1. The van der Waals surface area contributed by atoms with E-state index in [1.807, 2.05) is 61.5 Å². The number of carbonyl (C=O) groups excluding carboxylic acids is 1. The summed E-state index contributed by atoms with van der Waals surface area (Å²) in [5, 5.41) is 1.32. The Kier molecular flexibility index (Phi) is 6.31. The summed E-state index contributed by atoms with van der Waals surface area (Å²) in [6.45, 7) is 3.18. The number of fused-ring (bicyclic) bond motifs is 1. The summed E-state index contributed by atoms with van der Waals surface area (Å²) in [7, 11) is 0. The van der Waals surface area contributed by atoms with Crippen molar-refractivity contribution in [3.05, 3.63) is 82.9 Å². The number of aryl methyl sites for hydroxylation is 1. The van der Waals surface area contributed by atoms with E-state index in [1.54, 1.807) is 17.0 Å². The van der Waals surface area contributed by atoms with Crippen LogP contribution in [0.15, 0.2) is 66.7 Å². The number of rotatable bonds is 6. The predicted molar refractivity (Wildman–Crippen MR) is 133 cm³/mol. The standard InChI is InChI=1S/C26H23ClN2O3S/c1-17-14-19(27)15-23-24(17)28-26(33-23)29(16-22-8-5-13-31-22)25(30)18-9-11-21(12-10-18)32-20-6-3-2-4-7-20/h2-4,6-7,9-12,14-15,22H,5,8,13,16H2,1H3. The molecule has 5 rings (SSSR count). The lowest BCUT2D eigenvalue weighted by Crippen LogP contribution is -2.37. The van der Waals surface area contributed by atoms with Gasteiger partial charge in [-0.15, -0.1) is 0 Å². The van der Waals surface area contributed by atoms with Crippen LogP contribution in [0, 0.1) is 6.92 Å². The van der Waals surface area contributed by atoms with Crippen LogP contribution in [-0.2, 0) is 4.74 Å². The fraction of sp³-hybridized carbons (Fsp3) is 0.231. The van der Waals surface area contributed by atoms with Crippen molar-refractivity contribution in [2.24, 2.45) is 0 Å². The molecule has 1 amide bonds. The van der Waals surface area contributed by atoms with E-state index >= 15 is 0 Å². The number of aromatic nitrogens is 1. The fourth-order valence-electron chi connectivity index (χ4n) is 3.94. The van der Waals surface area contributed by atoms with Crippen molar-refractivity contribution in [3.63, 3.8) is 0 Å². The third-order valence-electron chi connectivity index (χ3n) is 5.61. The molecule has 0 radical (unpaired) electrons. The molecule has 1 unspecified atom stereocenters. The molecule has 1 aliphatic heterocycles. The topological polar surface area (TPSA) is 51.7 Å². The van der Waals surface area contributed by atoms with Gasteiger partial charge in [0.05, 0.1) is 22.9 Å². The maximum Gasteiger partial charge on any atom is 0.260 e. The third kappa shape index (κ3) is 4.88. The molecule has 1 aromatic heterocycles. The summed E-state index contributed by atoms with van der Waals surface area (Å²) in [5.41, 5.74) is 2.44. The molecule has 1 saturated heterocycles. The minimum absolute atomic E-state index is 0.00587. The Morgan fingerprint density at radius 1 is 1.15 bits per heavy atom. The van der Waals surface area contributed by atoms with Crippen molar-refractivity contribution in [2.45, 2.75) is 25.9 Å². The minimum Gasteiger partial charge on any atom is -0.457 e. The van der Waals surface area contributed by atoms with E-state index in [9.17, 15) is 4.79 Å². The lowest BCUT2D eigenvalue weighted by atomic mass is 10.1. The second-order valence-corrected chi connectivity index (χ2v) is 9.50. The van der Waals surface area contributed by atoms with Crippen molar-refractivity contribution in [1.29, 1.82) is 0 Å². The van der Waals surface area contributed by atoms with Crippen LogP contribution in [-0.4, -0.2) is 30.1 Å². The van der Waals surface area contributed by atoms with Crippen LogP contribution in [0.2, 0.25) is 5.02 Å². The van der Waals surface area contributed by atoms with Gasteiger partial charge in [-0.25, -0.2) is 4.98 Å². The van der Waals surface area contributed by atoms with Gasteiger partial charge in [-0.05, 0) is 73.9 Å². The number of nitrogens with zero attached hydrogens (tertiary/aromatic N) is 2. The van der Waals surface area contributed by atoms with Crippen LogP contribution in [0.25, 0.3) is 10.2 Å².